The molecule has 1 unspecified atom stereocenters. The van der Waals surface area contributed by atoms with Crippen LogP contribution in [0.2, 0.25) is 0 Å². The lowest BCUT2D eigenvalue weighted by Crippen LogP contribution is -1.92. The van der Waals surface area contributed by atoms with Gasteiger partial charge in [0.2, 0.25) is 0 Å². The summed E-state index contributed by atoms with van der Waals surface area (Å²) >= 11 is 3.36. The molecule has 0 aliphatic rings. The van der Waals surface area contributed by atoms with Crippen molar-refractivity contribution in [3.05, 3.63) is 22.7 Å². The van der Waals surface area contributed by atoms with Gasteiger partial charge in [0, 0.05) is 9.37 Å². The standard InChI is InChI=1S/C6H5BrClPS/c7-4-1-2-6(10-8)5(9)3-4/h1-3H,9H2. The molecule has 0 nitrogen and oxygen atoms in total. The molecule has 0 N–H and O–H groups in total. The number of benzene rings is 1. The zero-order valence-corrected chi connectivity index (χ0v) is 9.29. The lowest BCUT2D eigenvalue weighted by atomic mass is 10.4. The molecule has 1 aromatic rings. The van der Waals surface area contributed by atoms with Gasteiger partial charge in [-0.2, -0.15) is 0 Å². The second kappa shape index (κ2) is 3.96. The van der Waals surface area contributed by atoms with Crippen molar-refractivity contribution in [2.45, 2.75) is 4.90 Å². The van der Waals surface area contributed by atoms with Crippen molar-refractivity contribution in [3.63, 3.8) is 0 Å². The summed E-state index contributed by atoms with van der Waals surface area (Å²) in [7, 11) is 9.44. The van der Waals surface area contributed by atoms with Crippen LogP contribution in [-0.2, 0) is 0 Å². The average molecular weight is 256 g/mol. The van der Waals surface area contributed by atoms with Crippen LogP contribution in [0.15, 0.2) is 27.6 Å². The molecule has 0 amide bonds. The Morgan fingerprint density at radius 2 is 2.20 bits per heavy atom. The first-order chi connectivity index (χ1) is 4.74. The molecule has 0 fully saturated rings. The lowest BCUT2D eigenvalue weighted by molar-refractivity contribution is 1.52. The monoisotopic (exact) mass is 254 g/mol. The van der Waals surface area contributed by atoms with Crippen molar-refractivity contribution in [3.8, 4) is 0 Å². The number of hydrogen-bond donors (Lipinski definition) is 0. The highest BCUT2D eigenvalue weighted by molar-refractivity contribution is 9.10. The minimum atomic E-state index is 1.08. The molecule has 0 spiro atoms. The van der Waals surface area contributed by atoms with E-state index in [-0.39, 0.29) is 0 Å². The van der Waals surface area contributed by atoms with Crippen LogP contribution in [0.4, 0.5) is 0 Å². The quantitative estimate of drug-likeness (QED) is 0.695. The molecule has 0 heterocycles. The molecule has 1 aromatic carbocycles. The van der Waals surface area contributed by atoms with E-state index < -0.39 is 0 Å². The normalized spacial score (nSPS) is 9.90. The van der Waals surface area contributed by atoms with Crippen molar-refractivity contribution in [1.82, 2.24) is 0 Å². The summed E-state index contributed by atoms with van der Waals surface area (Å²) in [6, 6.07) is 5.96. The Morgan fingerprint density at radius 3 is 2.70 bits per heavy atom. The van der Waals surface area contributed by atoms with Crippen LogP contribution in [0, 0.1) is 0 Å². The number of halogens is 2. The van der Waals surface area contributed by atoms with Crippen LogP contribution in [0.25, 0.3) is 0 Å². The van der Waals surface area contributed by atoms with E-state index in [4.69, 9.17) is 10.7 Å². The van der Waals surface area contributed by atoms with Gasteiger partial charge in [0.15, 0.2) is 0 Å². The summed E-state index contributed by atoms with van der Waals surface area (Å²) in [6.07, 6.45) is 0. The fourth-order valence-corrected chi connectivity index (χ4v) is 2.58. The Labute approximate surface area is 79.6 Å². The first-order valence-corrected chi connectivity index (χ1v) is 5.59. The largest absolute Gasteiger partial charge is 0.104 e. The van der Waals surface area contributed by atoms with Gasteiger partial charge in [-0.15, -0.1) is 9.24 Å². The van der Waals surface area contributed by atoms with Gasteiger partial charge in [-0.25, -0.2) is 0 Å². The highest BCUT2D eigenvalue weighted by atomic mass is 79.9. The van der Waals surface area contributed by atoms with Crippen molar-refractivity contribution in [2.75, 3.05) is 0 Å². The van der Waals surface area contributed by atoms with Gasteiger partial charge in [-0.3, -0.25) is 0 Å². The third kappa shape index (κ3) is 2.13. The molecule has 54 valence electrons. The third-order valence-electron chi connectivity index (χ3n) is 1.05. The second-order valence-corrected chi connectivity index (χ2v) is 4.35. The van der Waals surface area contributed by atoms with Crippen LogP contribution in [-0.4, -0.2) is 0 Å². The summed E-state index contributed by atoms with van der Waals surface area (Å²) < 4.78 is 1.08. The predicted molar refractivity (Wildman–Crippen MR) is 55.2 cm³/mol. The molecule has 1 atom stereocenters. The molecular formula is C6H5BrClPS. The van der Waals surface area contributed by atoms with E-state index in [0.29, 0.717) is 0 Å². The summed E-state index contributed by atoms with van der Waals surface area (Å²) in [5, 5.41) is 1.12. The van der Waals surface area contributed by atoms with Crippen LogP contribution in [0.5, 0.6) is 0 Å². The molecule has 1 rings (SSSR count). The molecule has 4 heteroatoms. The highest BCUT2D eigenvalue weighted by Crippen LogP contribution is 2.23. The van der Waals surface area contributed by atoms with Crippen LogP contribution in [0.3, 0.4) is 0 Å². The minimum absolute atomic E-state index is 1.08. The SMILES string of the molecule is Pc1cc(Br)ccc1SCl. The van der Waals surface area contributed by atoms with Crippen LogP contribution in [0.1, 0.15) is 0 Å². The molecule has 0 aliphatic heterocycles. The second-order valence-electron chi connectivity index (χ2n) is 1.76. The maximum atomic E-state index is 5.57. The van der Waals surface area contributed by atoms with Gasteiger partial charge in [0.1, 0.15) is 0 Å². The lowest BCUT2D eigenvalue weighted by Gasteiger charge is -1.98. The van der Waals surface area contributed by atoms with E-state index in [0.717, 1.165) is 14.7 Å². The molecule has 0 bridgehead atoms. The predicted octanol–water partition coefficient (Wildman–Crippen LogP) is 3.20. The molecule has 0 aromatic heterocycles. The third-order valence-corrected chi connectivity index (χ3v) is 3.27. The molecule has 10 heavy (non-hydrogen) atoms. The van der Waals surface area contributed by atoms with Gasteiger partial charge in [0.05, 0.1) is 0 Å². The van der Waals surface area contributed by atoms with Gasteiger partial charge in [0.25, 0.3) is 0 Å². The van der Waals surface area contributed by atoms with E-state index in [2.05, 4.69) is 25.2 Å². The van der Waals surface area contributed by atoms with Gasteiger partial charge in [-0.1, -0.05) is 15.9 Å². The van der Waals surface area contributed by atoms with Crippen molar-refractivity contribution < 1.29 is 0 Å². The van der Waals surface area contributed by atoms with E-state index >= 15 is 0 Å². The summed E-state index contributed by atoms with van der Waals surface area (Å²) in [5.41, 5.74) is 0. The van der Waals surface area contributed by atoms with E-state index in [1.807, 2.05) is 18.2 Å². The van der Waals surface area contributed by atoms with Crippen molar-refractivity contribution >= 4 is 52.1 Å². The maximum absolute atomic E-state index is 5.57. The van der Waals surface area contributed by atoms with E-state index in [1.165, 1.54) is 11.0 Å². The van der Waals surface area contributed by atoms with E-state index in [9.17, 15) is 0 Å². The van der Waals surface area contributed by atoms with Gasteiger partial charge >= 0.3 is 0 Å². The Kier molecular flexibility index (Phi) is 3.51. The summed E-state index contributed by atoms with van der Waals surface area (Å²) in [6.45, 7) is 0. The van der Waals surface area contributed by atoms with Crippen LogP contribution < -0.4 is 5.30 Å². The topological polar surface area (TPSA) is 0 Å². The van der Waals surface area contributed by atoms with Gasteiger partial charge in [-0.05, 0) is 45.2 Å². The maximum Gasteiger partial charge on any atom is 0.0305 e. The van der Waals surface area contributed by atoms with E-state index in [1.54, 1.807) is 0 Å². The fourth-order valence-electron chi connectivity index (χ4n) is 0.590. The Bertz CT molecular complexity index is 241. The van der Waals surface area contributed by atoms with Crippen molar-refractivity contribution in [2.24, 2.45) is 0 Å². The average Bonchev–Trinajstić information content (AvgIpc) is 1.88. The van der Waals surface area contributed by atoms with Crippen LogP contribution >= 0.6 is 46.8 Å². The molecule has 0 radical (unpaired) electrons. The Morgan fingerprint density at radius 1 is 1.50 bits per heavy atom. The smallest absolute Gasteiger partial charge is 0.0305 e. The first-order valence-electron chi connectivity index (χ1n) is 2.57. The zero-order chi connectivity index (χ0) is 7.56. The number of hydrogen-bond acceptors (Lipinski definition) is 1. The molecule has 0 aliphatic carbocycles. The molecule has 0 saturated heterocycles. The Hall–Kier alpha value is 0.770. The highest BCUT2D eigenvalue weighted by Gasteiger charge is 1.96. The van der Waals surface area contributed by atoms with Gasteiger partial charge < -0.3 is 0 Å². The zero-order valence-electron chi connectivity index (χ0n) is 4.97. The van der Waals surface area contributed by atoms with Crippen molar-refractivity contribution in [1.29, 1.82) is 0 Å². The fraction of sp³-hybridized carbons (Fsp3) is 0. The molecule has 0 saturated carbocycles. The number of rotatable bonds is 1. The minimum Gasteiger partial charge on any atom is -0.104 e. The summed E-state index contributed by atoms with van der Waals surface area (Å²) in [4.78, 5) is 1.08. The molecular weight excluding hydrogens is 250 g/mol. The Balaban J connectivity index is 3.07. The first kappa shape index (κ1) is 8.86. The summed E-state index contributed by atoms with van der Waals surface area (Å²) in [5.74, 6) is 0.